The van der Waals surface area contributed by atoms with Gasteiger partial charge in [-0.2, -0.15) is 0 Å². The highest BCUT2D eigenvalue weighted by atomic mass is 35.5. The summed E-state index contributed by atoms with van der Waals surface area (Å²) in [6, 6.07) is 7.87. The molecule has 0 amide bonds. The average molecular weight is 536 g/mol. The van der Waals surface area contributed by atoms with Crippen LogP contribution in [0.2, 0.25) is 5.02 Å². The molecule has 0 atom stereocenters. The predicted octanol–water partition coefficient (Wildman–Crippen LogP) is 3.63. The highest BCUT2D eigenvalue weighted by molar-refractivity contribution is 6.32. The lowest BCUT2D eigenvalue weighted by Gasteiger charge is -2.37. The fraction of sp³-hybridized carbons (Fsp3) is 0.370. The summed E-state index contributed by atoms with van der Waals surface area (Å²) in [5, 5.41) is 0.514. The van der Waals surface area contributed by atoms with E-state index in [2.05, 4.69) is 36.8 Å². The first-order valence-electron chi connectivity index (χ1n) is 12.7. The molecular weight excluding hydrogens is 506 g/mol. The molecule has 38 heavy (non-hydrogen) atoms. The number of methoxy groups -OCH3 is 2. The number of benzene rings is 1. The van der Waals surface area contributed by atoms with Crippen molar-refractivity contribution in [2.45, 2.75) is 0 Å². The molecule has 10 nitrogen and oxygen atoms in total. The number of halogens is 1. The predicted molar refractivity (Wildman–Crippen MR) is 148 cm³/mol. The van der Waals surface area contributed by atoms with E-state index >= 15 is 0 Å². The number of pyridine rings is 1. The summed E-state index contributed by atoms with van der Waals surface area (Å²) in [7, 11) is 3.22. The van der Waals surface area contributed by atoms with Gasteiger partial charge < -0.3 is 33.3 Å². The second-order valence-corrected chi connectivity index (χ2v) is 9.69. The lowest BCUT2D eigenvalue weighted by Crippen LogP contribution is -2.46. The molecule has 5 heterocycles. The number of nitrogens with zero attached hydrogens (tertiary/aromatic N) is 7. The van der Waals surface area contributed by atoms with Gasteiger partial charge in [0.15, 0.2) is 0 Å². The molecule has 3 aromatic heterocycles. The first-order valence-corrected chi connectivity index (χ1v) is 13.1. The van der Waals surface area contributed by atoms with Crippen molar-refractivity contribution in [3.63, 3.8) is 0 Å². The number of morpholine rings is 1. The van der Waals surface area contributed by atoms with E-state index in [4.69, 9.17) is 30.8 Å². The fourth-order valence-corrected chi connectivity index (χ4v) is 5.23. The van der Waals surface area contributed by atoms with Gasteiger partial charge in [-0.15, -0.1) is 0 Å². The maximum Gasteiger partial charge on any atom is 0.225 e. The number of piperazine rings is 1. The van der Waals surface area contributed by atoms with Crippen molar-refractivity contribution in [2.24, 2.45) is 0 Å². The Morgan fingerprint density at radius 3 is 2.18 bits per heavy atom. The summed E-state index contributed by atoms with van der Waals surface area (Å²) in [5.41, 5.74) is 4.67. The summed E-state index contributed by atoms with van der Waals surface area (Å²) in [6.07, 6.45) is 7.90. The molecule has 2 fully saturated rings. The van der Waals surface area contributed by atoms with Crippen LogP contribution in [0, 0.1) is 0 Å². The van der Waals surface area contributed by atoms with Crippen molar-refractivity contribution < 1.29 is 14.2 Å². The van der Waals surface area contributed by atoms with E-state index in [1.54, 1.807) is 20.3 Å². The third-order valence-corrected chi connectivity index (χ3v) is 7.42. The fourth-order valence-electron chi connectivity index (χ4n) is 4.99. The quantitative estimate of drug-likeness (QED) is 0.367. The maximum absolute atomic E-state index is 6.39. The SMILES string of the molecule is COc1cc(OC)c(-c2cn3ccc(N4CCN(c5cnc(N6CCOCC6)nc5)CC4)cc3n2)cc1Cl. The molecule has 0 bridgehead atoms. The number of anilines is 3. The summed E-state index contributed by atoms with van der Waals surface area (Å²) in [6.45, 7) is 6.71. The first kappa shape index (κ1) is 24.6. The number of aromatic nitrogens is 4. The second-order valence-electron chi connectivity index (χ2n) is 9.28. The van der Waals surface area contributed by atoms with Crippen LogP contribution in [0.15, 0.2) is 49.1 Å². The van der Waals surface area contributed by atoms with E-state index in [0.29, 0.717) is 16.5 Å². The van der Waals surface area contributed by atoms with Gasteiger partial charge in [-0.3, -0.25) is 0 Å². The normalized spacial score (nSPS) is 16.2. The summed E-state index contributed by atoms with van der Waals surface area (Å²) in [5.74, 6) is 2.00. The van der Waals surface area contributed by atoms with Crippen LogP contribution in [0.5, 0.6) is 11.5 Å². The number of ether oxygens (including phenoxy) is 3. The van der Waals surface area contributed by atoms with Crippen LogP contribution in [0.1, 0.15) is 0 Å². The maximum atomic E-state index is 6.39. The Labute approximate surface area is 226 Å². The number of imidazole rings is 1. The standard InChI is InChI=1S/C27H30ClN7O3/c1-36-24-15-25(37-2)22(28)14-21(24)23-18-35-4-3-19(13-26(35)31-23)32-5-7-33(8-6-32)20-16-29-27(30-17-20)34-9-11-38-12-10-34/h3-4,13-18H,5-12H2,1-2H3. The molecule has 0 aliphatic carbocycles. The summed E-state index contributed by atoms with van der Waals surface area (Å²) >= 11 is 6.39. The molecule has 4 aromatic rings. The largest absolute Gasteiger partial charge is 0.496 e. The number of hydrogen-bond acceptors (Lipinski definition) is 9. The van der Waals surface area contributed by atoms with Gasteiger partial charge in [0.2, 0.25) is 5.95 Å². The van der Waals surface area contributed by atoms with Crippen LogP contribution in [-0.2, 0) is 4.74 Å². The monoisotopic (exact) mass is 535 g/mol. The van der Waals surface area contributed by atoms with Gasteiger partial charge >= 0.3 is 0 Å². The average Bonchev–Trinajstić information content (AvgIpc) is 3.41. The topological polar surface area (TPSA) is 80.5 Å². The van der Waals surface area contributed by atoms with Crippen LogP contribution in [0.25, 0.3) is 16.9 Å². The minimum absolute atomic E-state index is 0.514. The van der Waals surface area contributed by atoms with E-state index in [-0.39, 0.29) is 0 Å². The minimum Gasteiger partial charge on any atom is -0.496 e. The summed E-state index contributed by atoms with van der Waals surface area (Å²) in [4.78, 5) is 21.0. The molecule has 2 aliphatic heterocycles. The highest BCUT2D eigenvalue weighted by Crippen LogP contribution is 2.38. The first-order chi connectivity index (χ1) is 18.6. The van der Waals surface area contributed by atoms with Gasteiger partial charge in [-0.25, -0.2) is 15.0 Å². The molecule has 11 heteroatoms. The zero-order chi connectivity index (χ0) is 26.1. The van der Waals surface area contributed by atoms with Gasteiger partial charge in [0.1, 0.15) is 17.1 Å². The summed E-state index contributed by atoms with van der Waals surface area (Å²) < 4.78 is 18.3. The van der Waals surface area contributed by atoms with Crippen molar-refractivity contribution in [3.8, 4) is 22.8 Å². The van der Waals surface area contributed by atoms with E-state index < -0.39 is 0 Å². The minimum atomic E-state index is 0.514. The zero-order valence-electron chi connectivity index (χ0n) is 21.5. The Kier molecular flexibility index (Phi) is 6.82. The van der Waals surface area contributed by atoms with Crippen molar-refractivity contribution in [2.75, 3.05) is 81.4 Å². The molecule has 0 unspecified atom stereocenters. The Balaban J connectivity index is 1.15. The van der Waals surface area contributed by atoms with E-state index in [1.807, 2.05) is 35.3 Å². The number of hydrogen-bond donors (Lipinski definition) is 0. The van der Waals surface area contributed by atoms with Gasteiger partial charge in [0.05, 0.1) is 56.2 Å². The van der Waals surface area contributed by atoms with Gasteiger partial charge in [-0.05, 0) is 12.1 Å². The Bertz CT molecular complexity index is 1410. The molecular formula is C27H30ClN7O3. The smallest absolute Gasteiger partial charge is 0.225 e. The Morgan fingerprint density at radius 1 is 0.816 bits per heavy atom. The third-order valence-electron chi connectivity index (χ3n) is 7.12. The van der Waals surface area contributed by atoms with Crippen molar-refractivity contribution >= 4 is 34.6 Å². The van der Waals surface area contributed by atoms with Crippen LogP contribution >= 0.6 is 11.6 Å². The Hall–Kier alpha value is -3.76. The van der Waals surface area contributed by atoms with E-state index in [0.717, 1.165) is 86.7 Å². The molecule has 2 saturated heterocycles. The Morgan fingerprint density at radius 2 is 1.50 bits per heavy atom. The van der Waals surface area contributed by atoms with Crippen molar-refractivity contribution in [1.29, 1.82) is 0 Å². The zero-order valence-corrected chi connectivity index (χ0v) is 22.3. The number of rotatable bonds is 6. The molecule has 0 saturated carbocycles. The molecule has 198 valence electrons. The van der Waals surface area contributed by atoms with Crippen LogP contribution in [-0.4, -0.2) is 86.1 Å². The van der Waals surface area contributed by atoms with Crippen molar-refractivity contribution in [1.82, 2.24) is 19.4 Å². The van der Waals surface area contributed by atoms with Gasteiger partial charge in [-0.1, -0.05) is 11.6 Å². The van der Waals surface area contributed by atoms with Crippen LogP contribution in [0.4, 0.5) is 17.3 Å². The molecule has 0 spiro atoms. The number of fused-ring (bicyclic) bond motifs is 1. The second kappa shape index (κ2) is 10.5. The molecule has 6 rings (SSSR count). The van der Waals surface area contributed by atoms with E-state index in [9.17, 15) is 0 Å². The van der Waals surface area contributed by atoms with Gasteiger partial charge in [0.25, 0.3) is 0 Å². The van der Waals surface area contributed by atoms with Crippen molar-refractivity contribution in [3.05, 3.63) is 54.1 Å². The van der Waals surface area contributed by atoms with E-state index in [1.165, 1.54) is 0 Å². The molecule has 0 N–H and O–H groups in total. The molecule has 2 aliphatic rings. The van der Waals surface area contributed by atoms with Crippen LogP contribution in [0.3, 0.4) is 0 Å². The van der Waals surface area contributed by atoms with Gasteiger partial charge in [0, 0.05) is 75.0 Å². The highest BCUT2D eigenvalue weighted by Gasteiger charge is 2.21. The third kappa shape index (κ3) is 4.77. The molecule has 1 aromatic carbocycles. The molecule has 0 radical (unpaired) electrons. The lowest BCUT2D eigenvalue weighted by atomic mass is 10.1. The van der Waals surface area contributed by atoms with Crippen LogP contribution < -0.4 is 24.2 Å². The lowest BCUT2D eigenvalue weighted by molar-refractivity contribution is 0.122.